The maximum Gasteiger partial charge on any atom is 0.318 e. The molecule has 0 N–H and O–H groups in total. The van der Waals surface area contributed by atoms with E-state index in [2.05, 4.69) is 5.10 Å². The lowest BCUT2D eigenvalue weighted by molar-refractivity contribution is -0.114. The van der Waals surface area contributed by atoms with E-state index in [9.17, 15) is 13.6 Å². The van der Waals surface area contributed by atoms with Gasteiger partial charge in [0.05, 0.1) is 15.7 Å². The summed E-state index contributed by atoms with van der Waals surface area (Å²) in [6.07, 6.45) is -0.839. The predicted molar refractivity (Wildman–Crippen MR) is 82.5 cm³/mol. The lowest BCUT2D eigenvalue weighted by Crippen LogP contribution is -2.45. The first-order chi connectivity index (χ1) is 9.36. The van der Waals surface area contributed by atoms with E-state index in [4.69, 9.17) is 23.2 Å². The van der Waals surface area contributed by atoms with Gasteiger partial charge >= 0.3 is 6.55 Å². The molecule has 0 saturated heterocycles. The van der Waals surface area contributed by atoms with Crippen LogP contribution in [0.25, 0.3) is 0 Å². The normalized spacial score (nSPS) is 18.8. The molecule has 1 aromatic carbocycles. The molecule has 0 saturated carbocycles. The fourth-order valence-corrected chi connectivity index (χ4v) is 2.76. The Kier molecular flexibility index (Phi) is 4.70. The van der Waals surface area contributed by atoms with Gasteiger partial charge < -0.3 is 0 Å². The molecule has 9 heteroatoms. The fraction of sp³-hybridized carbons (Fsp3) is 0.273. The highest BCUT2D eigenvalue weighted by atomic mass is 127. The number of aldehydes is 1. The zero-order valence-electron chi connectivity index (χ0n) is 10.0. The third-order valence-electron chi connectivity index (χ3n) is 2.73. The van der Waals surface area contributed by atoms with Crippen molar-refractivity contribution in [1.82, 2.24) is 4.90 Å². The maximum atomic E-state index is 13.0. The first-order valence-corrected chi connectivity index (χ1v) is 7.21. The number of benzene rings is 1. The van der Waals surface area contributed by atoms with Crippen LogP contribution in [-0.4, -0.2) is 29.7 Å². The number of halogens is 5. The highest BCUT2D eigenvalue weighted by Crippen LogP contribution is 2.36. The van der Waals surface area contributed by atoms with Crippen LogP contribution in [0.5, 0.6) is 0 Å². The summed E-state index contributed by atoms with van der Waals surface area (Å²) in [4.78, 5) is 11.8. The van der Waals surface area contributed by atoms with E-state index < -0.39 is 12.7 Å². The molecule has 0 spiro atoms. The molecule has 0 bridgehead atoms. The van der Waals surface area contributed by atoms with Crippen LogP contribution in [0.3, 0.4) is 0 Å². The summed E-state index contributed by atoms with van der Waals surface area (Å²) in [5.74, 6) is 0.0399. The van der Waals surface area contributed by atoms with Gasteiger partial charge in [0, 0.05) is 3.57 Å². The molecule has 1 aliphatic heterocycles. The minimum Gasteiger partial charge on any atom is -0.299 e. The molecule has 0 radical (unpaired) electrons. The first kappa shape index (κ1) is 15.7. The number of nitrogens with zero attached hydrogens (tertiary/aromatic N) is 3. The number of hydrogen-bond donors (Lipinski definition) is 0. The predicted octanol–water partition coefficient (Wildman–Crippen LogP) is 3.80. The van der Waals surface area contributed by atoms with Crippen molar-refractivity contribution in [2.45, 2.75) is 19.6 Å². The molecular formula is C11H8Cl2F2IN3O. The van der Waals surface area contributed by atoms with Crippen LogP contribution in [0.4, 0.5) is 14.5 Å². The van der Waals surface area contributed by atoms with Crippen molar-refractivity contribution in [3.63, 3.8) is 0 Å². The Hall–Kier alpha value is -0.670. The van der Waals surface area contributed by atoms with E-state index in [1.165, 1.54) is 13.0 Å². The van der Waals surface area contributed by atoms with Crippen molar-refractivity contribution in [2.75, 3.05) is 5.01 Å². The van der Waals surface area contributed by atoms with Gasteiger partial charge in [0.2, 0.25) is 0 Å². The monoisotopic (exact) mass is 433 g/mol. The number of anilines is 1. The van der Waals surface area contributed by atoms with Crippen molar-refractivity contribution in [3.05, 3.63) is 25.7 Å². The second-order valence-corrected chi connectivity index (χ2v) is 5.92. The van der Waals surface area contributed by atoms with Gasteiger partial charge in [0.1, 0.15) is 5.84 Å². The minimum atomic E-state index is -2.83. The standard InChI is InChI=1S/C11H8Cl2F2IN3O/c1-5-17-19(10(4-20)18(5)11(14)15)9-3-8(16)6(12)2-7(9)13/h2-4,10-11H,1H3. The summed E-state index contributed by atoms with van der Waals surface area (Å²) >= 11 is 14.0. The highest BCUT2D eigenvalue weighted by Gasteiger charge is 2.38. The second kappa shape index (κ2) is 5.98. The third kappa shape index (κ3) is 2.71. The Balaban J connectivity index is 2.48. The molecule has 0 fully saturated rings. The molecule has 2 rings (SSSR count). The van der Waals surface area contributed by atoms with Gasteiger partial charge in [0.25, 0.3) is 0 Å². The summed E-state index contributed by atoms with van der Waals surface area (Å²) in [7, 11) is 0. The lowest BCUT2D eigenvalue weighted by atomic mass is 10.3. The molecule has 1 unspecified atom stereocenters. The number of carbonyl (C=O) groups is 1. The molecule has 0 aromatic heterocycles. The summed E-state index contributed by atoms with van der Waals surface area (Å²) in [5.41, 5.74) is 0.347. The molecule has 1 aliphatic rings. The quantitative estimate of drug-likeness (QED) is 0.315. The molecule has 1 atom stereocenters. The summed E-state index contributed by atoms with van der Waals surface area (Å²) in [6, 6.07) is 3.07. The van der Waals surface area contributed by atoms with E-state index in [1.54, 1.807) is 6.07 Å². The minimum absolute atomic E-state index is 0.0399. The second-order valence-electron chi connectivity index (χ2n) is 3.94. The summed E-state index contributed by atoms with van der Waals surface area (Å²) in [6.45, 7) is -1.43. The van der Waals surface area contributed by atoms with E-state index >= 15 is 0 Å². The van der Waals surface area contributed by atoms with Crippen LogP contribution in [0.15, 0.2) is 17.2 Å². The van der Waals surface area contributed by atoms with Crippen LogP contribution >= 0.6 is 45.8 Å². The van der Waals surface area contributed by atoms with E-state index in [0.717, 1.165) is 5.01 Å². The number of rotatable bonds is 3. The van der Waals surface area contributed by atoms with E-state index in [1.807, 2.05) is 22.6 Å². The Morgan fingerprint density at radius 2 is 2.05 bits per heavy atom. The van der Waals surface area contributed by atoms with E-state index in [-0.39, 0.29) is 10.9 Å². The SMILES string of the molecule is CC1=NN(c2cc(I)c(Cl)cc2Cl)C(C=O)N1C(F)F. The van der Waals surface area contributed by atoms with Crippen LogP contribution in [0.2, 0.25) is 10.0 Å². The average molecular weight is 434 g/mol. The van der Waals surface area contributed by atoms with Crippen LogP contribution in [0.1, 0.15) is 6.92 Å². The molecule has 1 aromatic rings. The van der Waals surface area contributed by atoms with Gasteiger partial charge in [-0.1, -0.05) is 23.2 Å². The molecule has 0 aliphatic carbocycles. The molecule has 1 heterocycles. The maximum absolute atomic E-state index is 13.0. The Morgan fingerprint density at radius 1 is 1.40 bits per heavy atom. The number of amidine groups is 1. The first-order valence-electron chi connectivity index (χ1n) is 5.37. The molecule has 108 valence electrons. The Bertz CT molecular complexity index is 585. The van der Waals surface area contributed by atoms with Crippen molar-refractivity contribution < 1.29 is 13.6 Å². The van der Waals surface area contributed by atoms with Gasteiger partial charge in [-0.2, -0.15) is 13.9 Å². The highest BCUT2D eigenvalue weighted by molar-refractivity contribution is 14.1. The van der Waals surface area contributed by atoms with Gasteiger partial charge in [0.15, 0.2) is 12.5 Å². The van der Waals surface area contributed by atoms with E-state index in [0.29, 0.717) is 25.5 Å². The Labute approximate surface area is 137 Å². The topological polar surface area (TPSA) is 35.9 Å². The smallest absolute Gasteiger partial charge is 0.299 e. The molecule has 4 nitrogen and oxygen atoms in total. The van der Waals surface area contributed by atoms with Gasteiger partial charge in [-0.25, -0.2) is 5.01 Å². The largest absolute Gasteiger partial charge is 0.318 e. The summed E-state index contributed by atoms with van der Waals surface area (Å²) in [5, 5.41) is 5.81. The zero-order chi connectivity index (χ0) is 15.0. The number of hydrazone groups is 1. The van der Waals surface area contributed by atoms with Crippen molar-refractivity contribution >= 4 is 63.6 Å². The molecular weight excluding hydrogens is 426 g/mol. The lowest BCUT2D eigenvalue weighted by Gasteiger charge is -2.27. The zero-order valence-corrected chi connectivity index (χ0v) is 13.7. The Morgan fingerprint density at radius 3 is 2.60 bits per heavy atom. The van der Waals surface area contributed by atoms with Crippen molar-refractivity contribution in [2.24, 2.45) is 5.10 Å². The average Bonchev–Trinajstić information content (AvgIpc) is 2.70. The van der Waals surface area contributed by atoms with Gasteiger partial charge in [-0.15, -0.1) is 0 Å². The van der Waals surface area contributed by atoms with Gasteiger partial charge in [-0.3, -0.25) is 9.69 Å². The number of hydrogen-bond acceptors (Lipinski definition) is 4. The van der Waals surface area contributed by atoms with Crippen molar-refractivity contribution in [3.8, 4) is 0 Å². The van der Waals surface area contributed by atoms with Crippen molar-refractivity contribution in [1.29, 1.82) is 0 Å². The number of carbonyl (C=O) groups excluding carboxylic acids is 1. The number of alkyl halides is 2. The molecule has 0 amide bonds. The third-order valence-corrected chi connectivity index (χ3v) is 4.56. The van der Waals surface area contributed by atoms with Crippen LogP contribution in [-0.2, 0) is 4.79 Å². The fourth-order valence-electron chi connectivity index (χ4n) is 1.84. The summed E-state index contributed by atoms with van der Waals surface area (Å²) < 4.78 is 26.6. The van der Waals surface area contributed by atoms with Crippen LogP contribution in [0, 0.1) is 3.57 Å². The van der Waals surface area contributed by atoms with Gasteiger partial charge in [-0.05, 0) is 41.6 Å². The molecule has 20 heavy (non-hydrogen) atoms. The van der Waals surface area contributed by atoms with Crippen LogP contribution < -0.4 is 5.01 Å².